The van der Waals surface area contributed by atoms with Crippen LogP contribution in [0.25, 0.3) is 0 Å². The lowest BCUT2D eigenvalue weighted by Gasteiger charge is -2.08. The average Bonchev–Trinajstić information content (AvgIpc) is 2.72. The largest absolute Gasteiger partial charge is 0.469 e. The fraction of sp³-hybridized carbons (Fsp3) is 1.00. The van der Waals surface area contributed by atoms with Gasteiger partial charge in [0.05, 0.1) is 6.61 Å². The van der Waals surface area contributed by atoms with Crippen molar-refractivity contribution in [1.82, 2.24) is 4.90 Å². The Morgan fingerprint density at radius 1 is 0.667 bits per heavy atom. The molecule has 0 aromatic carbocycles. The molecule has 0 aromatic heterocycles. The van der Waals surface area contributed by atoms with Crippen LogP contribution in [0.4, 0.5) is 0 Å². The van der Waals surface area contributed by atoms with Gasteiger partial charge in [-0.1, -0.05) is 130 Å². The summed E-state index contributed by atoms with van der Waals surface area (Å²) in [4.78, 5) is 19.2. The van der Waals surface area contributed by atoms with Crippen LogP contribution in [0.15, 0.2) is 0 Å². The number of hydrogen-bond acceptors (Lipinski definition) is 3. The second kappa shape index (κ2) is 26.7. The molecule has 0 saturated heterocycles. The van der Waals surface area contributed by atoms with Gasteiger partial charge in [0.1, 0.15) is 0 Å². The number of unbranched alkanes of at least 4 members (excludes halogenated alkanes) is 16. The Bertz CT molecular complexity index is 413. The highest BCUT2D eigenvalue weighted by Gasteiger charge is 2.12. The molecule has 6 heteroatoms. The Balaban J connectivity index is 0. The SMILES string of the molecule is CC(C)CCCCCCCCCCOP(=O)(O)O.CCCCCCCCCCCCN(C)C. The van der Waals surface area contributed by atoms with Gasteiger partial charge in [0, 0.05) is 0 Å². The van der Waals surface area contributed by atoms with E-state index in [-0.39, 0.29) is 6.61 Å². The highest BCUT2D eigenvalue weighted by molar-refractivity contribution is 7.46. The zero-order chi connectivity index (χ0) is 25.2. The van der Waals surface area contributed by atoms with Gasteiger partial charge >= 0.3 is 7.82 Å². The fourth-order valence-corrected chi connectivity index (χ4v) is 4.18. The molecule has 0 bridgehead atoms. The van der Waals surface area contributed by atoms with E-state index in [1.807, 2.05) is 0 Å². The van der Waals surface area contributed by atoms with Crippen molar-refractivity contribution < 1.29 is 18.9 Å². The Hall–Kier alpha value is 0.0700. The molecule has 0 spiro atoms. The molecule has 0 aliphatic rings. The zero-order valence-corrected chi connectivity index (χ0v) is 23.9. The van der Waals surface area contributed by atoms with Crippen molar-refractivity contribution in [2.45, 2.75) is 143 Å². The Morgan fingerprint density at radius 3 is 1.45 bits per heavy atom. The average molecular weight is 494 g/mol. The first-order valence-electron chi connectivity index (χ1n) is 14.0. The van der Waals surface area contributed by atoms with Crippen LogP contribution < -0.4 is 0 Å². The van der Waals surface area contributed by atoms with E-state index in [4.69, 9.17) is 9.79 Å². The van der Waals surface area contributed by atoms with Crippen molar-refractivity contribution in [3.8, 4) is 0 Å². The molecule has 0 saturated carbocycles. The summed E-state index contributed by atoms with van der Waals surface area (Å²) < 4.78 is 14.8. The standard InChI is InChI=1S/C14H31N.C13H29O4P/c1-4-5-6-7-8-9-10-11-12-13-14-15(2)3;1-13(2)11-9-7-5-3-4-6-8-10-12-17-18(14,15)16/h4-14H2,1-3H3;13H,3-12H2,1-2H3,(H2,14,15,16). The molecule has 0 radical (unpaired) electrons. The highest BCUT2D eigenvalue weighted by Crippen LogP contribution is 2.35. The quantitative estimate of drug-likeness (QED) is 0.110. The van der Waals surface area contributed by atoms with Gasteiger partial charge in [0.25, 0.3) is 0 Å². The lowest BCUT2D eigenvalue weighted by atomic mass is 10.0. The highest BCUT2D eigenvalue weighted by atomic mass is 31.2. The van der Waals surface area contributed by atoms with E-state index >= 15 is 0 Å². The summed E-state index contributed by atoms with van der Waals surface area (Å²) in [5, 5.41) is 0. The van der Waals surface area contributed by atoms with Gasteiger partial charge in [-0.05, 0) is 39.4 Å². The molecule has 0 amide bonds. The van der Waals surface area contributed by atoms with E-state index < -0.39 is 7.82 Å². The molecule has 33 heavy (non-hydrogen) atoms. The number of phosphoric ester groups is 1. The normalized spacial score (nSPS) is 11.8. The number of hydrogen-bond donors (Lipinski definition) is 2. The van der Waals surface area contributed by atoms with Crippen LogP contribution in [0, 0.1) is 5.92 Å². The second-order valence-corrected chi connectivity index (χ2v) is 11.6. The van der Waals surface area contributed by atoms with E-state index in [2.05, 4.69) is 44.3 Å². The van der Waals surface area contributed by atoms with Gasteiger partial charge in [0.2, 0.25) is 0 Å². The van der Waals surface area contributed by atoms with Crippen molar-refractivity contribution in [1.29, 1.82) is 0 Å². The van der Waals surface area contributed by atoms with E-state index in [1.165, 1.54) is 109 Å². The predicted octanol–water partition coefficient (Wildman–Crippen LogP) is 8.73. The minimum Gasteiger partial charge on any atom is -0.309 e. The predicted molar refractivity (Wildman–Crippen MR) is 145 cm³/mol. The lowest BCUT2D eigenvalue weighted by molar-refractivity contribution is 0.193. The molecule has 2 N–H and O–H groups in total. The maximum absolute atomic E-state index is 10.4. The van der Waals surface area contributed by atoms with Crippen LogP contribution in [0.5, 0.6) is 0 Å². The summed E-state index contributed by atoms with van der Waals surface area (Å²) in [6.07, 6.45) is 25.0. The molecule has 0 fully saturated rings. The van der Waals surface area contributed by atoms with Crippen LogP contribution in [0.1, 0.15) is 143 Å². The topological polar surface area (TPSA) is 70.0 Å². The second-order valence-electron chi connectivity index (χ2n) is 10.3. The Kier molecular flexibility index (Phi) is 28.5. The summed E-state index contributed by atoms with van der Waals surface area (Å²) in [5.41, 5.74) is 0. The van der Waals surface area contributed by atoms with Gasteiger partial charge < -0.3 is 14.7 Å². The maximum atomic E-state index is 10.4. The molecule has 5 nitrogen and oxygen atoms in total. The van der Waals surface area contributed by atoms with Crippen LogP contribution in [-0.2, 0) is 9.09 Å². The van der Waals surface area contributed by atoms with Gasteiger partial charge in [-0.25, -0.2) is 4.57 Å². The summed E-state index contributed by atoms with van der Waals surface area (Å²) in [5.74, 6) is 0.819. The smallest absolute Gasteiger partial charge is 0.309 e. The third kappa shape index (κ3) is 39.6. The van der Waals surface area contributed by atoms with Crippen LogP contribution in [-0.4, -0.2) is 41.9 Å². The summed E-state index contributed by atoms with van der Waals surface area (Å²) in [6.45, 7) is 8.24. The Morgan fingerprint density at radius 2 is 1.06 bits per heavy atom. The fourth-order valence-electron chi connectivity index (χ4n) is 3.81. The lowest BCUT2D eigenvalue weighted by Crippen LogP contribution is -2.12. The van der Waals surface area contributed by atoms with Crippen molar-refractivity contribution in [2.75, 3.05) is 27.2 Å². The molecular formula is C27H60NO4P. The molecule has 0 aromatic rings. The van der Waals surface area contributed by atoms with Crippen LogP contribution in [0.3, 0.4) is 0 Å². The minimum absolute atomic E-state index is 0.165. The van der Waals surface area contributed by atoms with E-state index in [9.17, 15) is 4.57 Å². The molecule has 0 unspecified atom stereocenters. The van der Waals surface area contributed by atoms with Crippen molar-refractivity contribution in [3.63, 3.8) is 0 Å². The van der Waals surface area contributed by atoms with Gasteiger partial charge in [0.15, 0.2) is 0 Å². The first-order valence-corrected chi connectivity index (χ1v) is 15.6. The molecular weight excluding hydrogens is 433 g/mol. The van der Waals surface area contributed by atoms with Crippen molar-refractivity contribution in [2.24, 2.45) is 5.92 Å². The first-order chi connectivity index (χ1) is 15.7. The number of rotatable bonds is 23. The molecule has 0 rings (SSSR count). The van der Waals surface area contributed by atoms with Gasteiger partial charge in [-0.3, -0.25) is 4.52 Å². The molecule has 0 aliphatic heterocycles. The number of phosphoric acid groups is 1. The van der Waals surface area contributed by atoms with E-state index in [1.54, 1.807) is 0 Å². The van der Waals surface area contributed by atoms with Crippen LogP contribution >= 0.6 is 7.82 Å². The van der Waals surface area contributed by atoms with Gasteiger partial charge in [-0.15, -0.1) is 0 Å². The third-order valence-electron chi connectivity index (χ3n) is 5.89. The molecule has 0 heterocycles. The number of nitrogens with zero attached hydrogens (tertiary/aromatic N) is 1. The van der Waals surface area contributed by atoms with E-state index in [0.29, 0.717) is 0 Å². The monoisotopic (exact) mass is 493 g/mol. The van der Waals surface area contributed by atoms with Gasteiger partial charge in [-0.2, -0.15) is 0 Å². The van der Waals surface area contributed by atoms with Crippen LogP contribution in [0.2, 0.25) is 0 Å². The summed E-state index contributed by atoms with van der Waals surface area (Å²) in [7, 11) is 0.0730. The maximum Gasteiger partial charge on any atom is 0.469 e. The minimum atomic E-state index is -4.25. The first kappa shape index (κ1) is 35.2. The van der Waals surface area contributed by atoms with E-state index in [0.717, 1.165) is 25.2 Å². The summed E-state index contributed by atoms with van der Waals surface area (Å²) in [6, 6.07) is 0. The van der Waals surface area contributed by atoms with Crippen molar-refractivity contribution in [3.05, 3.63) is 0 Å². The summed E-state index contributed by atoms with van der Waals surface area (Å²) >= 11 is 0. The third-order valence-corrected chi connectivity index (χ3v) is 6.41. The zero-order valence-electron chi connectivity index (χ0n) is 23.0. The Labute approximate surface area is 207 Å². The molecule has 0 atom stereocenters. The molecule has 0 aliphatic carbocycles. The van der Waals surface area contributed by atoms with Crippen molar-refractivity contribution >= 4 is 7.82 Å². The molecule has 202 valence electrons.